The number of benzene rings is 2. The highest BCUT2D eigenvalue weighted by Crippen LogP contribution is 2.36. The Morgan fingerprint density at radius 1 is 1.10 bits per heavy atom. The highest BCUT2D eigenvalue weighted by Gasteiger charge is 2.30. The third kappa shape index (κ3) is 2.54. The van der Waals surface area contributed by atoms with E-state index < -0.39 is 0 Å². The minimum atomic E-state index is -0.138. The maximum atomic E-state index is 6.34. The van der Waals surface area contributed by atoms with E-state index in [0.29, 0.717) is 0 Å². The molecule has 0 aliphatic carbocycles. The van der Waals surface area contributed by atoms with Crippen LogP contribution in [0, 0.1) is 0 Å². The molecule has 2 N–H and O–H groups in total. The topological polar surface area (TPSA) is 35.2 Å². The van der Waals surface area contributed by atoms with Crippen LogP contribution in [0.2, 0.25) is 5.02 Å². The van der Waals surface area contributed by atoms with Gasteiger partial charge in [0.1, 0.15) is 11.4 Å². The van der Waals surface area contributed by atoms with Gasteiger partial charge in [-0.2, -0.15) is 0 Å². The third-order valence-electron chi connectivity index (χ3n) is 3.68. The summed E-state index contributed by atoms with van der Waals surface area (Å²) in [5.41, 5.74) is 9.62. The molecular weight excluding hydrogens is 270 g/mol. The first-order valence-corrected chi connectivity index (χ1v) is 7.15. The van der Waals surface area contributed by atoms with Gasteiger partial charge in [0, 0.05) is 11.4 Å². The Kier molecular flexibility index (Phi) is 3.23. The predicted molar refractivity (Wildman–Crippen MR) is 82.3 cm³/mol. The lowest BCUT2D eigenvalue weighted by Gasteiger charge is -2.16. The monoisotopic (exact) mass is 287 g/mol. The molecule has 1 atom stereocenters. The van der Waals surface area contributed by atoms with Gasteiger partial charge in [-0.25, -0.2) is 0 Å². The Labute approximate surface area is 124 Å². The van der Waals surface area contributed by atoms with Crippen LogP contribution in [0.5, 0.6) is 5.75 Å². The number of halogens is 1. The number of nitrogens with two attached hydrogens (primary N) is 1. The highest BCUT2D eigenvalue weighted by atomic mass is 35.5. The summed E-state index contributed by atoms with van der Waals surface area (Å²) in [7, 11) is 0. The second-order valence-electron chi connectivity index (χ2n) is 5.93. The molecular formula is C17H18ClNO. The molecule has 1 aliphatic heterocycles. The maximum absolute atomic E-state index is 6.34. The van der Waals surface area contributed by atoms with Crippen LogP contribution in [0.4, 0.5) is 0 Å². The second kappa shape index (κ2) is 4.80. The zero-order valence-corrected chi connectivity index (χ0v) is 12.4. The fourth-order valence-corrected chi connectivity index (χ4v) is 2.81. The predicted octanol–water partition coefficient (Wildman–Crippen LogP) is 4.10. The van der Waals surface area contributed by atoms with Gasteiger partial charge in [0.15, 0.2) is 0 Å². The van der Waals surface area contributed by atoms with Crippen molar-refractivity contribution in [3.05, 3.63) is 64.2 Å². The van der Waals surface area contributed by atoms with Crippen LogP contribution in [-0.4, -0.2) is 5.60 Å². The van der Waals surface area contributed by atoms with Gasteiger partial charge in [-0.05, 0) is 48.7 Å². The summed E-state index contributed by atoms with van der Waals surface area (Å²) >= 11 is 5.91. The van der Waals surface area contributed by atoms with Crippen LogP contribution >= 0.6 is 11.6 Å². The Morgan fingerprint density at radius 3 is 2.45 bits per heavy atom. The van der Waals surface area contributed by atoms with Crippen LogP contribution in [0.25, 0.3) is 0 Å². The van der Waals surface area contributed by atoms with Crippen LogP contribution in [0.3, 0.4) is 0 Å². The minimum Gasteiger partial charge on any atom is -0.487 e. The minimum absolute atomic E-state index is 0.120. The molecule has 0 aromatic heterocycles. The molecule has 20 heavy (non-hydrogen) atoms. The van der Waals surface area contributed by atoms with E-state index in [4.69, 9.17) is 22.1 Å². The first-order valence-electron chi connectivity index (χ1n) is 6.77. The molecule has 2 aromatic rings. The molecule has 0 spiro atoms. The Hall–Kier alpha value is -1.51. The summed E-state index contributed by atoms with van der Waals surface area (Å²) < 4.78 is 5.89. The number of hydrogen-bond acceptors (Lipinski definition) is 2. The summed E-state index contributed by atoms with van der Waals surface area (Å²) in [6, 6.07) is 13.8. The lowest BCUT2D eigenvalue weighted by molar-refractivity contribution is 0.138. The first kappa shape index (κ1) is 13.5. The number of rotatable bonds is 2. The van der Waals surface area contributed by atoms with Crippen molar-refractivity contribution in [2.75, 3.05) is 0 Å². The van der Waals surface area contributed by atoms with Crippen LogP contribution < -0.4 is 10.5 Å². The van der Waals surface area contributed by atoms with Crippen LogP contribution in [0.1, 0.15) is 36.6 Å². The molecule has 3 rings (SSSR count). The van der Waals surface area contributed by atoms with Crippen molar-refractivity contribution in [2.24, 2.45) is 5.73 Å². The molecule has 1 unspecified atom stereocenters. The molecule has 0 bridgehead atoms. The smallest absolute Gasteiger partial charge is 0.123 e. The lowest BCUT2D eigenvalue weighted by Crippen LogP contribution is -2.24. The van der Waals surface area contributed by atoms with E-state index in [1.165, 1.54) is 5.56 Å². The van der Waals surface area contributed by atoms with E-state index >= 15 is 0 Å². The fraction of sp³-hybridized carbons (Fsp3) is 0.294. The lowest BCUT2D eigenvalue weighted by atomic mass is 9.95. The normalized spacial score (nSPS) is 17.4. The van der Waals surface area contributed by atoms with E-state index in [2.05, 4.69) is 19.9 Å². The van der Waals surface area contributed by atoms with Gasteiger partial charge in [0.05, 0.1) is 6.04 Å². The zero-order chi connectivity index (χ0) is 14.3. The van der Waals surface area contributed by atoms with E-state index in [9.17, 15) is 0 Å². The van der Waals surface area contributed by atoms with Crippen molar-refractivity contribution in [2.45, 2.75) is 31.9 Å². The highest BCUT2D eigenvalue weighted by molar-refractivity contribution is 6.30. The molecule has 0 saturated carbocycles. The molecule has 0 radical (unpaired) electrons. The molecule has 0 amide bonds. The SMILES string of the molecule is CC1(C)Cc2cc(C(N)c3ccc(Cl)cc3)ccc2O1. The van der Waals surface area contributed by atoms with Gasteiger partial charge in [0.2, 0.25) is 0 Å². The van der Waals surface area contributed by atoms with Crippen LogP contribution in [-0.2, 0) is 6.42 Å². The standard InChI is InChI=1S/C17H18ClNO/c1-17(2)10-13-9-12(5-8-15(13)20-17)16(19)11-3-6-14(18)7-4-11/h3-9,16H,10,19H2,1-2H3. The van der Waals surface area contributed by atoms with Crippen molar-refractivity contribution in [1.82, 2.24) is 0 Å². The summed E-state index contributed by atoms with van der Waals surface area (Å²) in [6.45, 7) is 4.21. The van der Waals surface area contributed by atoms with E-state index in [1.54, 1.807) is 0 Å². The molecule has 3 heteroatoms. The van der Waals surface area contributed by atoms with Crippen molar-refractivity contribution < 1.29 is 4.74 Å². The zero-order valence-electron chi connectivity index (χ0n) is 11.7. The quantitative estimate of drug-likeness (QED) is 0.902. The van der Waals surface area contributed by atoms with Gasteiger partial charge in [-0.1, -0.05) is 35.9 Å². The van der Waals surface area contributed by atoms with Gasteiger partial charge < -0.3 is 10.5 Å². The van der Waals surface area contributed by atoms with Crippen LogP contribution in [0.15, 0.2) is 42.5 Å². The van der Waals surface area contributed by atoms with Crippen molar-refractivity contribution in [1.29, 1.82) is 0 Å². The molecule has 104 valence electrons. The van der Waals surface area contributed by atoms with Gasteiger partial charge in [0.25, 0.3) is 0 Å². The Morgan fingerprint density at radius 2 is 1.75 bits per heavy atom. The molecule has 1 heterocycles. The maximum Gasteiger partial charge on any atom is 0.123 e. The number of ether oxygens (including phenoxy) is 1. The van der Waals surface area contributed by atoms with E-state index in [0.717, 1.165) is 28.3 Å². The number of hydrogen-bond donors (Lipinski definition) is 1. The largest absolute Gasteiger partial charge is 0.487 e. The second-order valence-corrected chi connectivity index (χ2v) is 6.37. The van der Waals surface area contributed by atoms with Crippen molar-refractivity contribution in [3.63, 3.8) is 0 Å². The number of fused-ring (bicyclic) bond motifs is 1. The molecule has 0 saturated heterocycles. The average molecular weight is 288 g/mol. The summed E-state index contributed by atoms with van der Waals surface area (Å²) in [5, 5.41) is 0.727. The van der Waals surface area contributed by atoms with Crippen molar-refractivity contribution in [3.8, 4) is 5.75 Å². The summed E-state index contributed by atoms with van der Waals surface area (Å²) in [4.78, 5) is 0. The van der Waals surface area contributed by atoms with E-state index in [-0.39, 0.29) is 11.6 Å². The molecule has 1 aliphatic rings. The third-order valence-corrected chi connectivity index (χ3v) is 3.93. The van der Waals surface area contributed by atoms with Gasteiger partial charge in [-0.15, -0.1) is 0 Å². The Balaban J connectivity index is 1.90. The molecule has 2 nitrogen and oxygen atoms in total. The molecule has 2 aromatic carbocycles. The van der Waals surface area contributed by atoms with E-state index in [1.807, 2.05) is 36.4 Å². The van der Waals surface area contributed by atoms with Crippen molar-refractivity contribution >= 4 is 11.6 Å². The average Bonchev–Trinajstić information content (AvgIpc) is 2.71. The first-order chi connectivity index (χ1) is 9.44. The van der Waals surface area contributed by atoms with Gasteiger partial charge >= 0.3 is 0 Å². The van der Waals surface area contributed by atoms with Gasteiger partial charge in [-0.3, -0.25) is 0 Å². The molecule has 0 fully saturated rings. The summed E-state index contributed by atoms with van der Waals surface area (Å²) in [6.07, 6.45) is 0.920. The summed E-state index contributed by atoms with van der Waals surface area (Å²) in [5.74, 6) is 0.974. The Bertz CT molecular complexity index is 634. The fourth-order valence-electron chi connectivity index (χ4n) is 2.69.